The van der Waals surface area contributed by atoms with Crippen LogP contribution >= 0.6 is 0 Å². The molecule has 0 fully saturated rings. The zero-order valence-electron chi connectivity index (χ0n) is 18.9. The lowest BCUT2D eigenvalue weighted by atomic mass is 10.1. The first-order valence-electron chi connectivity index (χ1n) is 10.4. The molecule has 0 unspecified atom stereocenters. The predicted molar refractivity (Wildman–Crippen MR) is 123 cm³/mol. The summed E-state index contributed by atoms with van der Waals surface area (Å²) in [4.78, 5) is 33.8. The fourth-order valence-electron chi connectivity index (χ4n) is 3.90. The molecule has 0 N–H and O–H groups in total. The summed E-state index contributed by atoms with van der Waals surface area (Å²) in [6.45, 7) is 4.59. The van der Waals surface area contributed by atoms with Gasteiger partial charge in [-0.2, -0.15) is 4.98 Å². The molecule has 0 bridgehead atoms. The van der Waals surface area contributed by atoms with Gasteiger partial charge in [-0.15, -0.1) is 0 Å². The van der Waals surface area contributed by atoms with E-state index in [2.05, 4.69) is 9.97 Å². The molecule has 2 aromatic carbocycles. The van der Waals surface area contributed by atoms with Crippen molar-refractivity contribution < 1.29 is 9.47 Å². The Kier molecular flexibility index (Phi) is 5.69. The third-order valence-corrected chi connectivity index (χ3v) is 5.89. The number of rotatable bonds is 6. The number of fused-ring (bicyclic) bond motifs is 2. The Bertz CT molecular complexity index is 1400. The Hall–Kier alpha value is -3.68. The Labute approximate surface area is 185 Å². The molecule has 0 spiro atoms. The van der Waals surface area contributed by atoms with Crippen LogP contribution in [0.2, 0.25) is 0 Å². The molecule has 0 amide bonds. The van der Waals surface area contributed by atoms with Crippen LogP contribution in [0, 0.1) is 13.8 Å². The standard InChI is InChI=1S/C24H26N4O4/c1-14-11-18-19(12-15(14)2)28(22-21(25-18)23(29)27(3)24(30)26-22)10-6-7-16-13-17(31-4)8-9-20(16)32-5/h8-9,11-13H,6-7,10H2,1-5H3. The van der Waals surface area contributed by atoms with Gasteiger partial charge in [0.2, 0.25) is 0 Å². The Morgan fingerprint density at radius 3 is 2.44 bits per heavy atom. The van der Waals surface area contributed by atoms with Crippen molar-refractivity contribution in [1.29, 1.82) is 0 Å². The summed E-state index contributed by atoms with van der Waals surface area (Å²) in [5.41, 5.74) is 3.93. The molecular weight excluding hydrogens is 408 g/mol. The molecular formula is C24H26N4O4. The molecule has 4 rings (SSSR count). The quantitative estimate of drug-likeness (QED) is 0.434. The largest absolute Gasteiger partial charge is 0.497 e. The van der Waals surface area contributed by atoms with Crippen LogP contribution in [0.1, 0.15) is 23.1 Å². The van der Waals surface area contributed by atoms with Crippen molar-refractivity contribution in [3.63, 3.8) is 0 Å². The van der Waals surface area contributed by atoms with E-state index in [1.54, 1.807) is 14.2 Å². The van der Waals surface area contributed by atoms with Gasteiger partial charge in [0.25, 0.3) is 5.56 Å². The second-order valence-corrected chi connectivity index (χ2v) is 7.90. The van der Waals surface area contributed by atoms with E-state index in [0.29, 0.717) is 17.9 Å². The van der Waals surface area contributed by atoms with Gasteiger partial charge < -0.3 is 14.0 Å². The van der Waals surface area contributed by atoms with Gasteiger partial charge in [-0.05, 0) is 73.7 Å². The predicted octanol–water partition coefficient (Wildman–Crippen LogP) is 2.86. The third-order valence-electron chi connectivity index (χ3n) is 5.89. The minimum Gasteiger partial charge on any atom is -0.497 e. The fourth-order valence-corrected chi connectivity index (χ4v) is 3.90. The molecule has 8 nitrogen and oxygen atoms in total. The number of nitrogens with zero attached hydrogens (tertiary/aromatic N) is 4. The van der Waals surface area contributed by atoms with Crippen LogP contribution in [-0.2, 0) is 20.0 Å². The van der Waals surface area contributed by atoms with Crippen molar-refractivity contribution in [1.82, 2.24) is 19.1 Å². The highest BCUT2D eigenvalue weighted by molar-refractivity contribution is 5.81. The zero-order valence-corrected chi connectivity index (χ0v) is 18.9. The SMILES string of the molecule is COc1ccc(OC)c(CCCn2c3nc(=O)n(C)c(=O)c-3nc3cc(C)c(C)cc32)c1. The Morgan fingerprint density at radius 2 is 1.72 bits per heavy atom. The van der Waals surface area contributed by atoms with Gasteiger partial charge >= 0.3 is 5.69 Å². The molecule has 0 aliphatic carbocycles. The average Bonchev–Trinajstić information content (AvgIpc) is 2.79. The van der Waals surface area contributed by atoms with Gasteiger partial charge in [-0.1, -0.05) is 0 Å². The number of hydrogen-bond acceptors (Lipinski definition) is 6. The first kappa shape index (κ1) is 21.5. The highest BCUT2D eigenvalue weighted by atomic mass is 16.5. The van der Waals surface area contributed by atoms with Gasteiger partial charge in [0.05, 0.1) is 25.3 Å². The summed E-state index contributed by atoms with van der Waals surface area (Å²) < 4.78 is 13.8. The van der Waals surface area contributed by atoms with Crippen LogP contribution in [-0.4, -0.2) is 33.3 Å². The lowest BCUT2D eigenvalue weighted by Crippen LogP contribution is -2.36. The maximum atomic E-state index is 12.8. The molecule has 0 aromatic heterocycles. The van der Waals surface area contributed by atoms with Gasteiger partial charge in [-0.25, -0.2) is 9.78 Å². The van der Waals surface area contributed by atoms with E-state index in [1.807, 2.05) is 48.7 Å². The van der Waals surface area contributed by atoms with Crippen molar-refractivity contribution in [3.8, 4) is 23.0 Å². The minimum absolute atomic E-state index is 0.196. The monoisotopic (exact) mass is 434 g/mol. The zero-order chi connectivity index (χ0) is 23.0. The average molecular weight is 434 g/mol. The van der Waals surface area contributed by atoms with Gasteiger partial charge in [-0.3, -0.25) is 9.36 Å². The van der Waals surface area contributed by atoms with E-state index in [9.17, 15) is 9.59 Å². The topological polar surface area (TPSA) is 88.2 Å². The van der Waals surface area contributed by atoms with Crippen molar-refractivity contribution in [2.45, 2.75) is 33.2 Å². The number of hydrogen-bond donors (Lipinski definition) is 0. The van der Waals surface area contributed by atoms with E-state index in [1.165, 1.54) is 7.05 Å². The molecule has 0 saturated carbocycles. The van der Waals surface area contributed by atoms with Crippen molar-refractivity contribution >= 4 is 11.0 Å². The molecule has 8 heteroatoms. The number of aromatic nitrogens is 4. The maximum Gasteiger partial charge on any atom is 0.352 e. The van der Waals surface area contributed by atoms with Gasteiger partial charge in [0.1, 0.15) is 11.5 Å². The van der Waals surface area contributed by atoms with Crippen LogP contribution in [0.4, 0.5) is 0 Å². The van der Waals surface area contributed by atoms with Crippen LogP contribution in [0.3, 0.4) is 0 Å². The van der Waals surface area contributed by atoms with Gasteiger partial charge in [0.15, 0.2) is 11.5 Å². The highest BCUT2D eigenvalue weighted by Gasteiger charge is 2.21. The molecule has 32 heavy (non-hydrogen) atoms. The molecule has 2 aromatic rings. The number of methoxy groups -OCH3 is 2. The number of benzene rings is 2. The van der Waals surface area contributed by atoms with E-state index >= 15 is 0 Å². The highest BCUT2D eigenvalue weighted by Crippen LogP contribution is 2.27. The van der Waals surface area contributed by atoms with Gasteiger partial charge in [0, 0.05) is 13.6 Å². The molecule has 2 heterocycles. The van der Waals surface area contributed by atoms with Crippen LogP contribution in [0.25, 0.3) is 22.6 Å². The summed E-state index contributed by atoms with van der Waals surface area (Å²) in [6, 6.07) is 9.72. The third kappa shape index (κ3) is 3.72. The number of aryl methyl sites for hydroxylation is 4. The van der Waals surface area contributed by atoms with Crippen molar-refractivity contribution in [2.75, 3.05) is 14.2 Å². The summed E-state index contributed by atoms with van der Waals surface area (Å²) in [7, 11) is 4.70. The lowest BCUT2D eigenvalue weighted by molar-refractivity contribution is 0.398. The van der Waals surface area contributed by atoms with E-state index in [-0.39, 0.29) is 5.69 Å². The van der Waals surface area contributed by atoms with Crippen molar-refractivity contribution in [2.24, 2.45) is 7.05 Å². The Morgan fingerprint density at radius 1 is 0.969 bits per heavy atom. The molecule has 0 saturated heterocycles. The second-order valence-electron chi connectivity index (χ2n) is 7.90. The molecule has 2 aliphatic heterocycles. The van der Waals surface area contributed by atoms with Crippen LogP contribution in [0.15, 0.2) is 39.9 Å². The lowest BCUT2D eigenvalue weighted by Gasteiger charge is -2.19. The summed E-state index contributed by atoms with van der Waals surface area (Å²) in [6.07, 6.45) is 1.46. The Balaban J connectivity index is 1.81. The normalized spacial score (nSPS) is 11.3. The van der Waals surface area contributed by atoms with E-state index < -0.39 is 11.2 Å². The number of ether oxygens (including phenoxy) is 2. The fraction of sp³-hybridized carbons (Fsp3) is 0.333. The second kappa shape index (κ2) is 8.45. The first-order chi connectivity index (χ1) is 15.3. The molecule has 0 atom stereocenters. The summed E-state index contributed by atoms with van der Waals surface area (Å²) in [5, 5.41) is 0. The van der Waals surface area contributed by atoms with E-state index in [4.69, 9.17) is 9.47 Å². The van der Waals surface area contributed by atoms with E-state index in [0.717, 1.165) is 51.1 Å². The summed E-state index contributed by atoms with van der Waals surface area (Å²) >= 11 is 0. The van der Waals surface area contributed by atoms with Crippen molar-refractivity contribution in [3.05, 3.63) is 67.9 Å². The molecule has 2 aliphatic rings. The summed E-state index contributed by atoms with van der Waals surface area (Å²) in [5.74, 6) is 1.87. The first-order valence-corrected chi connectivity index (χ1v) is 10.4. The van der Waals surface area contributed by atoms with Crippen LogP contribution in [0.5, 0.6) is 11.5 Å². The molecule has 0 radical (unpaired) electrons. The molecule has 166 valence electrons. The maximum absolute atomic E-state index is 12.8. The minimum atomic E-state index is -0.587. The smallest absolute Gasteiger partial charge is 0.352 e. The van der Waals surface area contributed by atoms with Crippen LogP contribution < -0.4 is 20.7 Å².